The van der Waals surface area contributed by atoms with Crippen molar-refractivity contribution in [3.05, 3.63) is 46.5 Å². The molecule has 2 N–H and O–H groups in total. The zero-order chi connectivity index (χ0) is 13.4. The molecular formula is C14H17BrN4. The molecule has 5 heteroatoms. The van der Waals surface area contributed by atoms with Gasteiger partial charge in [-0.25, -0.2) is 4.98 Å². The van der Waals surface area contributed by atoms with Gasteiger partial charge in [0.2, 0.25) is 0 Å². The van der Waals surface area contributed by atoms with Gasteiger partial charge in [-0.1, -0.05) is 22.0 Å². The van der Waals surface area contributed by atoms with Gasteiger partial charge in [0.05, 0.1) is 6.54 Å². The van der Waals surface area contributed by atoms with Crippen LogP contribution in [0.1, 0.15) is 24.4 Å². The Morgan fingerprint density at radius 2 is 2.21 bits per heavy atom. The molecule has 1 aromatic carbocycles. The topological polar surface area (TPSA) is 47.1 Å². The van der Waals surface area contributed by atoms with E-state index in [1.54, 1.807) is 0 Å². The van der Waals surface area contributed by atoms with E-state index in [1.165, 1.54) is 11.3 Å². The summed E-state index contributed by atoms with van der Waals surface area (Å²) < 4.78 is 3.29. The lowest BCUT2D eigenvalue weighted by Crippen LogP contribution is -2.34. The van der Waals surface area contributed by atoms with Crippen LogP contribution < -0.4 is 10.6 Å². The molecule has 0 bridgehead atoms. The van der Waals surface area contributed by atoms with Gasteiger partial charge in [-0.05, 0) is 24.6 Å². The molecule has 0 radical (unpaired) electrons. The van der Waals surface area contributed by atoms with Crippen LogP contribution in [0.3, 0.4) is 0 Å². The first-order chi connectivity index (χ1) is 9.15. The highest BCUT2D eigenvalue weighted by Gasteiger charge is 2.20. The maximum atomic E-state index is 6.08. The van der Waals surface area contributed by atoms with Gasteiger partial charge in [0.1, 0.15) is 5.82 Å². The minimum atomic E-state index is 0.0322. The summed E-state index contributed by atoms with van der Waals surface area (Å²) in [5.74, 6) is 1.11. The third-order valence-electron chi connectivity index (χ3n) is 3.57. The highest BCUT2D eigenvalue weighted by Crippen LogP contribution is 2.30. The number of hydrogen-bond acceptors (Lipinski definition) is 3. The Morgan fingerprint density at radius 3 is 3.00 bits per heavy atom. The summed E-state index contributed by atoms with van der Waals surface area (Å²) in [4.78, 5) is 6.76. The maximum Gasteiger partial charge on any atom is 0.128 e. The van der Waals surface area contributed by atoms with Crippen molar-refractivity contribution >= 4 is 21.6 Å². The highest BCUT2D eigenvalue weighted by molar-refractivity contribution is 9.10. The quantitative estimate of drug-likeness (QED) is 0.925. The van der Waals surface area contributed by atoms with Crippen molar-refractivity contribution in [3.63, 3.8) is 0 Å². The Morgan fingerprint density at radius 1 is 1.37 bits per heavy atom. The van der Waals surface area contributed by atoms with Gasteiger partial charge in [-0.3, -0.25) is 0 Å². The van der Waals surface area contributed by atoms with Gasteiger partial charge in [-0.15, -0.1) is 0 Å². The monoisotopic (exact) mass is 320 g/mol. The second kappa shape index (κ2) is 4.98. The first kappa shape index (κ1) is 12.7. The smallest absolute Gasteiger partial charge is 0.128 e. The lowest BCUT2D eigenvalue weighted by atomic mass is 10.1. The fourth-order valence-electron chi connectivity index (χ4n) is 2.55. The van der Waals surface area contributed by atoms with Crippen LogP contribution in [0.15, 0.2) is 35.1 Å². The number of imidazole rings is 1. The molecule has 0 fully saturated rings. The number of halogens is 1. The molecule has 2 heterocycles. The highest BCUT2D eigenvalue weighted by atomic mass is 79.9. The molecule has 19 heavy (non-hydrogen) atoms. The summed E-state index contributed by atoms with van der Waals surface area (Å²) >= 11 is 3.55. The maximum absolute atomic E-state index is 6.08. The average molecular weight is 321 g/mol. The summed E-state index contributed by atoms with van der Waals surface area (Å²) in [6.07, 6.45) is 3.91. The molecule has 0 aliphatic carbocycles. The fraction of sp³-hybridized carbons (Fsp3) is 0.357. The van der Waals surface area contributed by atoms with E-state index in [9.17, 15) is 0 Å². The van der Waals surface area contributed by atoms with Gasteiger partial charge >= 0.3 is 0 Å². The summed E-state index contributed by atoms with van der Waals surface area (Å²) in [6.45, 7) is 4.82. The van der Waals surface area contributed by atoms with Gasteiger partial charge in [0.15, 0.2) is 0 Å². The van der Waals surface area contributed by atoms with Crippen molar-refractivity contribution in [2.45, 2.75) is 26.1 Å². The molecule has 0 saturated carbocycles. The second-order valence-electron chi connectivity index (χ2n) is 4.95. The molecule has 1 aliphatic heterocycles. The largest absolute Gasteiger partial charge is 0.362 e. The zero-order valence-electron chi connectivity index (χ0n) is 10.9. The predicted molar refractivity (Wildman–Crippen MR) is 80.0 cm³/mol. The average Bonchev–Trinajstić information content (AvgIpc) is 2.85. The van der Waals surface area contributed by atoms with Gasteiger partial charge in [0, 0.05) is 41.7 Å². The summed E-state index contributed by atoms with van der Waals surface area (Å²) in [5.41, 5.74) is 8.47. The van der Waals surface area contributed by atoms with Gasteiger partial charge in [-0.2, -0.15) is 0 Å². The SMILES string of the molecule is CC(N)c1ccc(Br)cc1N1CCn2ccnc2C1. The van der Waals surface area contributed by atoms with Gasteiger partial charge < -0.3 is 15.2 Å². The summed E-state index contributed by atoms with van der Waals surface area (Å²) in [5, 5.41) is 0. The molecule has 0 saturated heterocycles. The molecule has 4 nitrogen and oxygen atoms in total. The van der Waals surface area contributed by atoms with E-state index in [0.717, 1.165) is 29.9 Å². The normalized spacial score (nSPS) is 16.3. The molecule has 1 atom stereocenters. The van der Waals surface area contributed by atoms with Crippen LogP contribution in [0.2, 0.25) is 0 Å². The third-order valence-corrected chi connectivity index (χ3v) is 4.06. The summed E-state index contributed by atoms with van der Waals surface area (Å²) in [6, 6.07) is 6.33. The number of aromatic nitrogens is 2. The van der Waals surface area contributed by atoms with Crippen LogP contribution in [-0.4, -0.2) is 16.1 Å². The Balaban J connectivity index is 1.97. The molecule has 3 rings (SSSR count). The molecule has 0 spiro atoms. The van der Waals surface area contributed by atoms with E-state index in [-0.39, 0.29) is 6.04 Å². The lowest BCUT2D eigenvalue weighted by molar-refractivity contribution is 0.557. The first-order valence-electron chi connectivity index (χ1n) is 6.45. The van der Waals surface area contributed by atoms with E-state index >= 15 is 0 Å². The van der Waals surface area contributed by atoms with E-state index < -0.39 is 0 Å². The van der Waals surface area contributed by atoms with E-state index in [2.05, 4.69) is 42.5 Å². The molecule has 0 amide bonds. The number of rotatable bonds is 2. The molecule has 1 aliphatic rings. The zero-order valence-corrected chi connectivity index (χ0v) is 12.5. The number of nitrogens with zero attached hydrogens (tertiary/aromatic N) is 3. The Labute approximate surface area is 121 Å². The van der Waals surface area contributed by atoms with E-state index in [4.69, 9.17) is 5.73 Å². The van der Waals surface area contributed by atoms with Crippen LogP contribution in [-0.2, 0) is 13.1 Å². The minimum absolute atomic E-state index is 0.0322. The molecular weight excluding hydrogens is 304 g/mol. The molecule has 1 aromatic heterocycles. The third kappa shape index (κ3) is 2.40. The van der Waals surface area contributed by atoms with Crippen molar-refractivity contribution in [1.82, 2.24) is 9.55 Å². The Hall–Kier alpha value is -1.33. The number of anilines is 1. The van der Waals surface area contributed by atoms with Crippen LogP contribution >= 0.6 is 15.9 Å². The minimum Gasteiger partial charge on any atom is -0.362 e. The number of benzene rings is 1. The van der Waals surface area contributed by atoms with E-state index in [0.29, 0.717) is 0 Å². The number of fused-ring (bicyclic) bond motifs is 1. The fourth-order valence-corrected chi connectivity index (χ4v) is 2.90. The predicted octanol–water partition coefficient (Wildman–Crippen LogP) is 2.69. The molecule has 100 valence electrons. The molecule has 1 unspecified atom stereocenters. The van der Waals surface area contributed by atoms with Crippen LogP contribution in [0, 0.1) is 0 Å². The van der Waals surface area contributed by atoms with E-state index in [1.807, 2.05) is 25.4 Å². The lowest BCUT2D eigenvalue weighted by Gasteiger charge is -2.32. The molecule has 2 aromatic rings. The van der Waals surface area contributed by atoms with Crippen LogP contribution in [0.4, 0.5) is 5.69 Å². The van der Waals surface area contributed by atoms with Crippen LogP contribution in [0.5, 0.6) is 0 Å². The van der Waals surface area contributed by atoms with Crippen molar-refractivity contribution in [3.8, 4) is 0 Å². The van der Waals surface area contributed by atoms with Crippen molar-refractivity contribution in [2.24, 2.45) is 5.73 Å². The Bertz CT molecular complexity index is 591. The standard InChI is InChI=1S/C14H17BrN4/c1-10(16)12-3-2-11(15)8-13(12)19-7-6-18-5-4-17-14(18)9-19/h2-5,8,10H,6-7,9,16H2,1H3. The number of nitrogens with two attached hydrogens (primary N) is 1. The Kier molecular flexibility index (Phi) is 3.33. The second-order valence-corrected chi connectivity index (χ2v) is 5.87. The van der Waals surface area contributed by atoms with Crippen molar-refractivity contribution < 1.29 is 0 Å². The first-order valence-corrected chi connectivity index (χ1v) is 7.24. The number of hydrogen-bond donors (Lipinski definition) is 1. The van der Waals surface area contributed by atoms with Gasteiger partial charge in [0.25, 0.3) is 0 Å². The van der Waals surface area contributed by atoms with Crippen LogP contribution in [0.25, 0.3) is 0 Å². The van der Waals surface area contributed by atoms with Crippen molar-refractivity contribution in [2.75, 3.05) is 11.4 Å². The van der Waals surface area contributed by atoms with Crippen molar-refractivity contribution in [1.29, 1.82) is 0 Å². The summed E-state index contributed by atoms with van der Waals surface area (Å²) in [7, 11) is 0.